The van der Waals surface area contributed by atoms with E-state index in [9.17, 15) is 8.78 Å². The number of thiocarbonyl (C=S) groups is 1. The molecule has 0 aliphatic carbocycles. The Morgan fingerprint density at radius 3 is 2.39 bits per heavy atom. The molecule has 2 aromatic heterocycles. The van der Waals surface area contributed by atoms with Gasteiger partial charge in [0.15, 0.2) is 5.11 Å². The van der Waals surface area contributed by atoms with Crippen LogP contribution in [-0.2, 0) is 0 Å². The Balaban J connectivity index is 1.68. The molecule has 2 aromatic carbocycles. The summed E-state index contributed by atoms with van der Waals surface area (Å²) in [4.78, 5) is 6.46. The zero-order chi connectivity index (χ0) is 21.4. The van der Waals surface area contributed by atoms with Crippen LogP contribution in [0.4, 0.5) is 14.5 Å². The molecule has 2 atom stereocenters. The van der Waals surface area contributed by atoms with Crippen molar-refractivity contribution in [2.75, 3.05) is 4.90 Å². The maximum absolute atomic E-state index is 14.7. The molecule has 1 N–H and O–H groups in total. The number of aromatic nitrogens is 2. The van der Waals surface area contributed by atoms with E-state index >= 15 is 0 Å². The highest BCUT2D eigenvalue weighted by Gasteiger charge is 2.42. The number of hydrogen-bond acceptors (Lipinski definition) is 2. The van der Waals surface area contributed by atoms with Gasteiger partial charge in [-0.25, -0.2) is 8.78 Å². The molecule has 31 heavy (non-hydrogen) atoms. The molecule has 0 amide bonds. The smallest absolute Gasteiger partial charge is 0.174 e. The van der Waals surface area contributed by atoms with Crippen LogP contribution in [0.2, 0.25) is 0 Å². The van der Waals surface area contributed by atoms with Crippen LogP contribution in [0.1, 0.15) is 23.5 Å². The molecule has 7 heteroatoms. The van der Waals surface area contributed by atoms with Crippen molar-refractivity contribution in [3.63, 3.8) is 0 Å². The van der Waals surface area contributed by atoms with Crippen molar-refractivity contribution in [3.8, 4) is 5.69 Å². The topological polar surface area (TPSA) is 33.1 Å². The van der Waals surface area contributed by atoms with Crippen molar-refractivity contribution in [3.05, 3.63) is 114 Å². The Kier molecular flexibility index (Phi) is 4.95. The van der Waals surface area contributed by atoms with Crippen LogP contribution in [0.5, 0.6) is 0 Å². The summed E-state index contributed by atoms with van der Waals surface area (Å²) in [6, 6.07) is 21.7. The fourth-order valence-electron chi connectivity index (χ4n) is 4.04. The number of halogens is 2. The Morgan fingerprint density at radius 2 is 1.65 bits per heavy atom. The standard InChI is InChI=1S/C24H18F2N4S/c25-16-10-12-17(13-11-16)30-23(22(28-24(30)31)19-7-3-4-14-27-19)21-9-5-15-29(21)20-8-2-1-6-18(20)26/h1-15,22-23H,(H,28,31). The van der Waals surface area contributed by atoms with Gasteiger partial charge in [-0.15, -0.1) is 0 Å². The summed E-state index contributed by atoms with van der Waals surface area (Å²) in [6.07, 6.45) is 3.56. The molecule has 5 rings (SSSR count). The highest BCUT2D eigenvalue weighted by Crippen LogP contribution is 2.42. The Morgan fingerprint density at radius 1 is 0.871 bits per heavy atom. The molecular weight excluding hydrogens is 414 g/mol. The van der Waals surface area contributed by atoms with Crippen LogP contribution in [0.15, 0.2) is 91.3 Å². The number of benzene rings is 2. The first kappa shape index (κ1) is 19.4. The first-order chi connectivity index (χ1) is 15.1. The maximum Gasteiger partial charge on any atom is 0.174 e. The van der Waals surface area contributed by atoms with Crippen LogP contribution >= 0.6 is 12.2 Å². The van der Waals surface area contributed by atoms with Gasteiger partial charge in [0.2, 0.25) is 0 Å². The minimum Gasteiger partial charge on any atom is -0.351 e. The van der Waals surface area contributed by atoms with Gasteiger partial charge in [-0.1, -0.05) is 18.2 Å². The molecule has 0 bridgehead atoms. The molecule has 0 radical (unpaired) electrons. The van der Waals surface area contributed by atoms with Gasteiger partial charge < -0.3 is 14.8 Å². The van der Waals surface area contributed by atoms with Crippen molar-refractivity contribution >= 4 is 23.0 Å². The van der Waals surface area contributed by atoms with Crippen LogP contribution in [0, 0.1) is 11.6 Å². The van der Waals surface area contributed by atoms with E-state index < -0.39 is 0 Å². The fourth-order valence-corrected chi connectivity index (χ4v) is 4.38. The van der Waals surface area contributed by atoms with Crippen molar-refractivity contribution in [1.29, 1.82) is 0 Å². The lowest BCUT2D eigenvalue weighted by Gasteiger charge is -2.29. The third-order valence-electron chi connectivity index (χ3n) is 5.40. The largest absolute Gasteiger partial charge is 0.351 e. The van der Waals surface area contributed by atoms with E-state index in [1.807, 2.05) is 46.0 Å². The summed E-state index contributed by atoms with van der Waals surface area (Å²) in [5.41, 5.74) is 2.82. The maximum atomic E-state index is 14.7. The lowest BCUT2D eigenvalue weighted by atomic mass is 10.0. The molecule has 154 valence electrons. The summed E-state index contributed by atoms with van der Waals surface area (Å²) in [5.74, 6) is -0.648. The van der Waals surface area contributed by atoms with Crippen molar-refractivity contribution < 1.29 is 8.78 Å². The van der Waals surface area contributed by atoms with Gasteiger partial charge in [-0.05, 0) is 72.9 Å². The average molecular weight is 432 g/mol. The molecule has 0 spiro atoms. The van der Waals surface area contributed by atoms with Gasteiger partial charge in [-0.3, -0.25) is 4.98 Å². The average Bonchev–Trinajstić information content (AvgIpc) is 3.39. The molecule has 4 aromatic rings. The van der Waals surface area contributed by atoms with Gasteiger partial charge in [0.25, 0.3) is 0 Å². The van der Waals surface area contributed by atoms with E-state index in [-0.39, 0.29) is 23.7 Å². The number of nitrogens with zero attached hydrogens (tertiary/aromatic N) is 3. The molecule has 2 unspecified atom stereocenters. The van der Waals surface area contributed by atoms with Crippen molar-refractivity contribution in [2.45, 2.75) is 12.1 Å². The Labute approximate surface area is 183 Å². The molecule has 3 heterocycles. The first-order valence-corrected chi connectivity index (χ1v) is 10.2. The normalized spacial score (nSPS) is 18.3. The quantitative estimate of drug-likeness (QED) is 0.442. The van der Waals surface area contributed by atoms with E-state index in [1.165, 1.54) is 18.2 Å². The molecule has 1 fully saturated rings. The third kappa shape index (κ3) is 3.47. The second kappa shape index (κ2) is 7.92. The van der Waals surface area contributed by atoms with Gasteiger partial charge in [0, 0.05) is 23.8 Å². The fraction of sp³-hybridized carbons (Fsp3) is 0.0833. The summed E-state index contributed by atoms with van der Waals surface area (Å²) < 4.78 is 30.1. The van der Waals surface area contributed by atoms with E-state index in [0.29, 0.717) is 10.8 Å². The SMILES string of the molecule is Fc1ccc(N2C(=S)NC(c3ccccn3)C2c2cccn2-c2ccccc2F)cc1. The van der Waals surface area contributed by atoms with E-state index in [1.54, 1.807) is 36.5 Å². The van der Waals surface area contributed by atoms with Gasteiger partial charge in [-0.2, -0.15) is 0 Å². The summed E-state index contributed by atoms with van der Waals surface area (Å²) >= 11 is 5.68. The van der Waals surface area contributed by atoms with Crippen LogP contribution in [0.25, 0.3) is 5.69 Å². The molecule has 4 nitrogen and oxygen atoms in total. The molecule has 1 aliphatic heterocycles. The van der Waals surface area contributed by atoms with Gasteiger partial charge in [0.1, 0.15) is 17.7 Å². The number of nitrogens with one attached hydrogen (secondary N) is 1. The lowest BCUT2D eigenvalue weighted by molar-refractivity contribution is 0.544. The van der Waals surface area contributed by atoms with E-state index in [0.717, 1.165) is 17.1 Å². The van der Waals surface area contributed by atoms with Crippen LogP contribution < -0.4 is 10.2 Å². The third-order valence-corrected chi connectivity index (χ3v) is 5.71. The Hall–Kier alpha value is -3.58. The molecule has 1 saturated heterocycles. The van der Waals surface area contributed by atoms with Gasteiger partial charge in [0.05, 0.1) is 17.4 Å². The highest BCUT2D eigenvalue weighted by atomic mass is 32.1. The van der Waals surface area contributed by atoms with Crippen molar-refractivity contribution in [2.24, 2.45) is 0 Å². The Bertz CT molecular complexity index is 1220. The zero-order valence-corrected chi connectivity index (χ0v) is 17.1. The number of anilines is 1. The number of hydrogen-bond donors (Lipinski definition) is 1. The second-order valence-corrected chi connectivity index (χ2v) is 7.61. The lowest BCUT2D eigenvalue weighted by Crippen LogP contribution is -2.30. The molecule has 0 saturated carbocycles. The summed E-state index contributed by atoms with van der Waals surface area (Å²) in [7, 11) is 0. The summed E-state index contributed by atoms with van der Waals surface area (Å²) in [6.45, 7) is 0. The van der Waals surface area contributed by atoms with Crippen molar-refractivity contribution in [1.82, 2.24) is 14.9 Å². The monoisotopic (exact) mass is 432 g/mol. The van der Waals surface area contributed by atoms with Gasteiger partial charge >= 0.3 is 0 Å². The highest BCUT2D eigenvalue weighted by molar-refractivity contribution is 7.80. The first-order valence-electron chi connectivity index (χ1n) is 9.82. The minimum atomic E-state index is -0.331. The zero-order valence-electron chi connectivity index (χ0n) is 16.3. The number of rotatable bonds is 4. The predicted molar refractivity (Wildman–Crippen MR) is 120 cm³/mol. The predicted octanol–water partition coefficient (Wildman–Crippen LogP) is 5.33. The number of para-hydroxylation sites is 1. The second-order valence-electron chi connectivity index (χ2n) is 7.23. The van der Waals surface area contributed by atoms with Crippen LogP contribution in [0.3, 0.4) is 0 Å². The molecule has 1 aliphatic rings. The number of pyridine rings is 1. The van der Waals surface area contributed by atoms with E-state index in [2.05, 4.69) is 10.3 Å². The molecular formula is C24H18F2N4S. The minimum absolute atomic E-state index is 0.279. The summed E-state index contributed by atoms with van der Waals surface area (Å²) in [5, 5.41) is 3.85. The van der Waals surface area contributed by atoms with Crippen LogP contribution in [-0.4, -0.2) is 14.7 Å². The van der Waals surface area contributed by atoms with E-state index in [4.69, 9.17) is 12.2 Å².